The molecule has 1 aliphatic carbocycles. The number of carbonyl (C=O) groups is 1. The SMILES string of the molecule is CCOC(=O)c1c(C)[nH]c2c(-c3cc(C4(C)OC=CO4)ccc3OCC3CC3)ncnc12. The lowest BCUT2D eigenvalue weighted by Gasteiger charge is -2.24. The molecule has 0 atom stereocenters. The van der Waals surface area contributed by atoms with Crippen molar-refractivity contribution < 1.29 is 23.7 Å². The van der Waals surface area contributed by atoms with E-state index in [4.69, 9.17) is 18.9 Å². The second-order valence-electron chi connectivity index (χ2n) is 8.21. The van der Waals surface area contributed by atoms with Gasteiger partial charge in [-0.2, -0.15) is 0 Å². The molecule has 1 aromatic carbocycles. The molecule has 3 aromatic rings. The van der Waals surface area contributed by atoms with Gasteiger partial charge in [0.15, 0.2) is 0 Å². The first-order valence-corrected chi connectivity index (χ1v) is 10.8. The number of aromatic amines is 1. The largest absolute Gasteiger partial charge is 0.493 e. The van der Waals surface area contributed by atoms with E-state index in [0.717, 1.165) is 11.1 Å². The molecule has 1 N–H and O–H groups in total. The minimum atomic E-state index is -0.933. The van der Waals surface area contributed by atoms with Gasteiger partial charge in [0, 0.05) is 23.7 Å². The number of aryl methyl sites for hydroxylation is 1. The van der Waals surface area contributed by atoms with Gasteiger partial charge in [0.2, 0.25) is 0 Å². The van der Waals surface area contributed by atoms with Gasteiger partial charge in [-0.15, -0.1) is 0 Å². The fourth-order valence-corrected chi connectivity index (χ4v) is 3.87. The Morgan fingerprint density at radius 2 is 2.03 bits per heavy atom. The van der Waals surface area contributed by atoms with Crippen LogP contribution in [-0.2, 0) is 20.0 Å². The number of esters is 1. The summed E-state index contributed by atoms with van der Waals surface area (Å²) >= 11 is 0. The highest BCUT2D eigenvalue weighted by molar-refractivity contribution is 6.07. The van der Waals surface area contributed by atoms with Crippen molar-refractivity contribution in [2.75, 3.05) is 13.2 Å². The monoisotopic (exact) mass is 435 g/mol. The summed E-state index contributed by atoms with van der Waals surface area (Å²) < 4.78 is 22.8. The first-order valence-electron chi connectivity index (χ1n) is 10.8. The normalized spacial score (nSPS) is 16.6. The van der Waals surface area contributed by atoms with E-state index in [0.29, 0.717) is 46.3 Å². The van der Waals surface area contributed by atoms with E-state index in [9.17, 15) is 4.79 Å². The maximum Gasteiger partial charge on any atom is 0.342 e. The van der Waals surface area contributed by atoms with E-state index < -0.39 is 11.8 Å². The molecule has 0 spiro atoms. The first-order chi connectivity index (χ1) is 15.5. The molecule has 1 saturated carbocycles. The molecule has 8 heteroatoms. The van der Waals surface area contributed by atoms with Crippen LogP contribution in [0.15, 0.2) is 37.1 Å². The Labute approximate surface area is 185 Å². The van der Waals surface area contributed by atoms with Gasteiger partial charge in [0.25, 0.3) is 5.79 Å². The second-order valence-corrected chi connectivity index (χ2v) is 8.21. The molecule has 0 bridgehead atoms. The fourth-order valence-electron chi connectivity index (χ4n) is 3.87. The van der Waals surface area contributed by atoms with Crippen molar-refractivity contribution in [1.82, 2.24) is 15.0 Å². The van der Waals surface area contributed by atoms with Crippen molar-refractivity contribution >= 4 is 17.0 Å². The standard InChI is InChI=1S/C24H25N3O5/c1-4-29-23(28)19-14(2)27-22-20(25-13-26-21(19)22)17-11-16(24(3)31-9-10-32-24)7-8-18(17)30-12-15-5-6-15/h7-11,13,15,27H,4-6,12H2,1-3H3. The van der Waals surface area contributed by atoms with Gasteiger partial charge < -0.3 is 23.9 Å². The van der Waals surface area contributed by atoms with Crippen LogP contribution in [0, 0.1) is 12.8 Å². The van der Waals surface area contributed by atoms with Gasteiger partial charge in [0.05, 0.1) is 18.7 Å². The van der Waals surface area contributed by atoms with E-state index in [1.807, 2.05) is 32.0 Å². The van der Waals surface area contributed by atoms with Crippen LogP contribution in [0.5, 0.6) is 5.75 Å². The van der Waals surface area contributed by atoms with Crippen LogP contribution in [0.4, 0.5) is 0 Å². The molecular formula is C24H25N3O5. The highest BCUT2D eigenvalue weighted by Crippen LogP contribution is 2.40. The summed E-state index contributed by atoms with van der Waals surface area (Å²) in [6, 6.07) is 5.80. The minimum absolute atomic E-state index is 0.288. The molecule has 32 heavy (non-hydrogen) atoms. The van der Waals surface area contributed by atoms with E-state index in [1.54, 1.807) is 6.92 Å². The Hall–Kier alpha value is -3.55. The quantitative estimate of drug-likeness (QED) is 0.542. The molecular weight excluding hydrogens is 410 g/mol. The molecule has 0 radical (unpaired) electrons. The lowest BCUT2D eigenvalue weighted by Crippen LogP contribution is -2.22. The lowest BCUT2D eigenvalue weighted by atomic mass is 10.0. The number of nitrogens with zero attached hydrogens (tertiary/aromatic N) is 2. The summed E-state index contributed by atoms with van der Waals surface area (Å²) in [5.41, 5.74) is 4.49. The molecule has 1 fully saturated rings. The third-order valence-corrected chi connectivity index (χ3v) is 5.82. The Balaban J connectivity index is 1.65. The third-order valence-electron chi connectivity index (χ3n) is 5.82. The number of ether oxygens (including phenoxy) is 4. The zero-order valence-electron chi connectivity index (χ0n) is 18.3. The van der Waals surface area contributed by atoms with Crippen LogP contribution >= 0.6 is 0 Å². The molecule has 1 aliphatic heterocycles. The zero-order chi connectivity index (χ0) is 22.3. The van der Waals surface area contributed by atoms with E-state index in [2.05, 4.69) is 15.0 Å². The second kappa shape index (κ2) is 7.85. The summed E-state index contributed by atoms with van der Waals surface area (Å²) in [6.45, 7) is 6.40. The Kier molecular flexibility index (Phi) is 5.00. The number of H-pyrrole nitrogens is 1. The Bertz CT molecular complexity index is 1200. The summed E-state index contributed by atoms with van der Waals surface area (Å²) in [5, 5.41) is 0. The first kappa shape index (κ1) is 20.4. The topological polar surface area (TPSA) is 95.6 Å². The molecule has 166 valence electrons. The van der Waals surface area contributed by atoms with Crippen molar-refractivity contribution in [2.24, 2.45) is 5.92 Å². The van der Waals surface area contributed by atoms with Crippen LogP contribution < -0.4 is 4.74 Å². The van der Waals surface area contributed by atoms with Crippen molar-refractivity contribution in [2.45, 2.75) is 39.4 Å². The number of nitrogens with one attached hydrogen (secondary N) is 1. The summed E-state index contributed by atoms with van der Waals surface area (Å²) in [5.74, 6) is -0.0388. The molecule has 2 aliphatic rings. The Morgan fingerprint density at radius 1 is 1.25 bits per heavy atom. The average Bonchev–Trinajstić information content (AvgIpc) is 3.40. The predicted molar refractivity (Wildman–Crippen MR) is 117 cm³/mol. The van der Waals surface area contributed by atoms with Crippen molar-refractivity contribution in [1.29, 1.82) is 0 Å². The molecule has 0 unspecified atom stereocenters. The van der Waals surface area contributed by atoms with E-state index in [-0.39, 0.29) is 6.61 Å². The number of fused-ring (bicyclic) bond motifs is 1. The average molecular weight is 435 g/mol. The summed E-state index contributed by atoms with van der Waals surface area (Å²) in [4.78, 5) is 24.8. The number of hydrogen-bond donors (Lipinski definition) is 1. The van der Waals surface area contributed by atoms with Gasteiger partial charge in [-0.05, 0) is 50.8 Å². The number of rotatable bonds is 7. The molecule has 3 heterocycles. The summed E-state index contributed by atoms with van der Waals surface area (Å²) in [7, 11) is 0. The van der Waals surface area contributed by atoms with Gasteiger partial charge in [-0.25, -0.2) is 14.8 Å². The maximum absolute atomic E-state index is 12.5. The van der Waals surface area contributed by atoms with Crippen LogP contribution in [0.3, 0.4) is 0 Å². The molecule has 8 nitrogen and oxygen atoms in total. The lowest BCUT2D eigenvalue weighted by molar-refractivity contribution is -0.133. The van der Waals surface area contributed by atoms with Gasteiger partial charge in [0.1, 0.15) is 41.4 Å². The van der Waals surface area contributed by atoms with Gasteiger partial charge >= 0.3 is 5.97 Å². The number of carbonyl (C=O) groups excluding carboxylic acids is 1. The number of aromatic nitrogens is 3. The van der Waals surface area contributed by atoms with Gasteiger partial charge in [-0.1, -0.05) is 0 Å². The van der Waals surface area contributed by atoms with Crippen molar-refractivity contribution in [3.05, 3.63) is 53.9 Å². The third kappa shape index (κ3) is 3.55. The molecule has 0 amide bonds. The minimum Gasteiger partial charge on any atom is -0.493 e. The van der Waals surface area contributed by atoms with Crippen LogP contribution in [0.25, 0.3) is 22.3 Å². The van der Waals surface area contributed by atoms with Crippen LogP contribution in [0.2, 0.25) is 0 Å². The molecule has 0 saturated heterocycles. The number of benzene rings is 1. The van der Waals surface area contributed by atoms with Crippen LogP contribution in [-0.4, -0.2) is 34.1 Å². The molecule has 5 rings (SSSR count). The summed E-state index contributed by atoms with van der Waals surface area (Å²) in [6.07, 6.45) is 6.89. The number of hydrogen-bond acceptors (Lipinski definition) is 7. The van der Waals surface area contributed by atoms with E-state index >= 15 is 0 Å². The zero-order valence-corrected chi connectivity index (χ0v) is 18.3. The van der Waals surface area contributed by atoms with Crippen molar-refractivity contribution in [3.8, 4) is 17.0 Å². The maximum atomic E-state index is 12.5. The Morgan fingerprint density at radius 3 is 2.75 bits per heavy atom. The highest BCUT2D eigenvalue weighted by atomic mass is 16.7. The molecule has 2 aromatic heterocycles. The highest BCUT2D eigenvalue weighted by Gasteiger charge is 2.33. The fraction of sp³-hybridized carbons (Fsp3) is 0.375. The predicted octanol–water partition coefficient (Wildman–Crippen LogP) is 4.59. The smallest absolute Gasteiger partial charge is 0.342 e. The van der Waals surface area contributed by atoms with Crippen molar-refractivity contribution in [3.63, 3.8) is 0 Å². The van der Waals surface area contributed by atoms with Gasteiger partial charge in [-0.3, -0.25) is 0 Å². The van der Waals surface area contributed by atoms with Crippen LogP contribution in [0.1, 0.15) is 48.3 Å². The van der Waals surface area contributed by atoms with E-state index in [1.165, 1.54) is 31.7 Å².